The van der Waals surface area contributed by atoms with Gasteiger partial charge in [-0.2, -0.15) is 0 Å². The van der Waals surface area contributed by atoms with Crippen molar-refractivity contribution in [2.75, 3.05) is 20.3 Å². The number of methoxy groups -OCH3 is 1. The van der Waals surface area contributed by atoms with Crippen molar-refractivity contribution in [2.24, 2.45) is 5.11 Å². The molecule has 3 aliphatic heterocycles. The Kier molecular flexibility index (Phi) is 14.3. The van der Waals surface area contributed by atoms with Crippen molar-refractivity contribution in [1.82, 2.24) is 0 Å². The standard InChI is InChI=1S/C43H47N3O11/c1-28(47)53-38-35(45-46-44)42(54-34-27-52-41(56-36(34)38)32-21-13-6-14-22-32)57-37-33(26-49-23-29-15-7-3-8-16-29)55-43(48-2)40(51-25-31-19-11-5-12-20-31)39(37)50-24-30-17-9-4-10-18-30/h3-22,33-43H,23-27H2,1-2H3/t33-,34-,35-,36+,37-,38-,39+,40-,41+,42+,43+/m1/s1. The Labute approximate surface area is 331 Å². The van der Waals surface area contributed by atoms with Gasteiger partial charge in [0.2, 0.25) is 0 Å². The van der Waals surface area contributed by atoms with Crippen LogP contribution in [0, 0.1) is 0 Å². The van der Waals surface area contributed by atoms with Gasteiger partial charge in [0.15, 0.2) is 18.9 Å². The SMILES string of the molecule is CO[C@H]1O[C@H](COCc2ccccc2)[C@@H](O[C@@H]2O[C@@H]3CO[C@H](c4ccccc4)O[C@@H]3[C@H](OC(C)=O)[C@H]2N=[N+]=[N-])[C@H](OCc2ccccc2)[C@H]1OCc1ccccc1. The number of ether oxygens (including phenoxy) is 10. The Morgan fingerprint density at radius 1 is 0.719 bits per heavy atom. The van der Waals surface area contributed by atoms with Crippen LogP contribution in [0.5, 0.6) is 0 Å². The van der Waals surface area contributed by atoms with Crippen LogP contribution in [0.15, 0.2) is 126 Å². The molecule has 3 heterocycles. The van der Waals surface area contributed by atoms with Crippen molar-refractivity contribution in [2.45, 2.75) is 94.4 Å². The zero-order chi connectivity index (χ0) is 39.4. The highest BCUT2D eigenvalue weighted by molar-refractivity contribution is 5.66. The van der Waals surface area contributed by atoms with E-state index in [0.29, 0.717) is 6.61 Å². The molecule has 0 aromatic heterocycles. The predicted octanol–water partition coefficient (Wildman–Crippen LogP) is 6.58. The Balaban J connectivity index is 1.22. The third kappa shape index (κ3) is 10.4. The number of carbonyl (C=O) groups is 1. The Bertz CT molecular complexity index is 1870. The van der Waals surface area contributed by atoms with Gasteiger partial charge in [-0.1, -0.05) is 126 Å². The van der Waals surface area contributed by atoms with E-state index in [1.807, 2.05) is 121 Å². The molecule has 57 heavy (non-hydrogen) atoms. The van der Waals surface area contributed by atoms with Crippen molar-refractivity contribution >= 4 is 5.97 Å². The first-order valence-electron chi connectivity index (χ1n) is 19.0. The van der Waals surface area contributed by atoms with Crippen LogP contribution in [0.1, 0.15) is 35.5 Å². The Morgan fingerprint density at radius 2 is 1.30 bits per heavy atom. The van der Waals surface area contributed by atoms with Gasteiger partial charge in [-0.25, -0.2) is 0 Å². The molecule has 4 aromatic carbocycles. The van der Waals surface area contributed by atoms with Crippen LogP contribution >= 0.6 is 0 Å². The number of nitrogens with zero attached hydrogens (tertiary/aromatic N) is 3. The highest BCUT2D eigenvalue weighted by Gasteiger charge is 2.55. The van der Waals surface area contributed by atoms with Crippen LogP contribution in [0.2, 0.25) is 0 Å². The average molecular weight is 782 g/mol. The number of hydrogen-bond donors (Lipinski definition) is 0. The van der Waals surface area contributed by atoms with Crippen LogP contribution < -0.4 is 0 Å². The third-order valence-electron chi connectivity index (χ3n) is 9.94. The molecule has 4 aromatic rings. The van der Waals surface area contributed by atoms with Gasteiger partial charge in [0.05, 0.1) is 33.0 Å². The second-order valence-corrected chi connectivity index (χ2v) is 13.9. The molecule has 0 unspecified atom stereocenters. The number of hydrogen-bond acceptors (Lipinski definition) is 12. The molecule has 3 saturated heterocycles. The maximum Gasteiger partial charge on any atom is 0.303 e. The van der Waals surface area contributed by atoms with Crippen molar-refractivity contribution in [3.05, 3.63) is 154 Å². The lowest BCUT2D eigenvalue weighted by Gasteiger charge is -2.50. The second kappa shape index (κ2) is 20.1. The monoisotopic (exact) mass is 781 g/mol. The molecule has 11 atom stereocenters. The van der Waals surface area contributed by atoms with E-state index >= 15 is 0 Å². The summed E-state index contributed by atoms with van der Waals surface area (Å²) in [5.74, 6) is -0.599. The van der Waals surface area contributed by atoms with Gasteiger partial charge in [-0.15, -0.1) is 0 Å². The van der Waals surface area contributed by atoms with E-state index in [-0.39, 0.29) is 26.4 Å². The fourth-order valence-corrected chi connectivity index (χ4v) is 7.25. The van der Waals surface area contributed by atoms with E-state index in [0.717, 1.165) is 22.3 Å². The summed E-state index contributed by atoms with van der Waals surface area (Å²) in [7, 11) is 1.54. The van der Waals surface area contributed by atoms with Crippen LogP contribution in [0.4, 0.5) is 0 Å². The molecule has 14 nitrogen and oxygen atoms in total. The van der Waals surface area contributed by atoms with E-state index in [9.17, 15) is 10.3 Å². The summed E-state index contributed by atoms with van der Waals surface area (Å²) in [6.07, 6.45) is -9.13. The molecule has 0 amide bonds. The molecule has 0 bridgehead atoms. The molecule has 0 N–H and O–H groups in total. The van der Waals surface area contributed by atoms with Crippen molar-refractivity contribution < 1.29 is 52.2 Å². The molecule has 3 fully saturated rings. The van der Waals surface area contributed by atoms with E-state index in [1.165, 1.54) is 6.92 Å². The molecule has 300 valence electrons. The number of esters is 1. The molecular formula is C43H47N3O11. The zero-order valence-corrected chi connectivity index (χ0v) is 31.8. The van der Waals surface area contributed by atoms with Crippen molar-refractivity contribution in [3.63, 3.8) is 0 Å². The van der Waals surface area contributed by atoms with Gasteiger partial charge in [0.1, 0.15) is 48.8 Å². The highest BCUT2D eigenvalue weighted by atomic mass is 16.8. The minimum atomic E-state index is -1.28. The summed E-state index contributed by atoms with van der Waals surface area (Å²) in [5, 5.41) is 4.09. The summed E-state index contributed by atoms with van der Waals surface area (Å²) in [6.45, 7) is 2.12. The lowest BCUT2D eigenvalue weighted by atomic mass is 9.94. The zero-order valence-electron chi connectivity index (χ0n) is 31.8. The van der Waals surface area contributed by atoms with Gasteiger partial charge >= 0.3 is 5.97 Å². The summed E-state index contributed by atoms with van der Waals surface area (Å²) in [4.78, 5) is 15.8. The topological polar surface area (TPSA) is 158 Å². The number of fused-ring (bicyclic) bond motifs is 1. The maximum atomic E-state index is 12.6. The molecule has 0 aliphatic carbocycles. The Hall–Kier alpha value is -4.70. The lowest BCUT2D eigenvalue weighted by Crippen LogP contribution is -2.66. The van der Waals surface area contributed by atoms with Gasteiger partial charge in [-0.05, 0) is 22.2 Å². The minimum absolute atomic E-state index is 0.0549. The van der Waals surface area contributed by atoms with E-state index < -0.39 is 73.6 Å². The average Bonchev–Trinajstić information content (AvgIpc) is 3.25. The molecule has 0 spiro atoms. The van der Waals surface area contributed by atoms with E-state index in [1.54, 1.807) is 7.11 Å². The molecule has 7 rings (SSSR count). The summed E-state index contributed by atoms with van der Waals surface area (Å²) >= 11 is 0. The van der Waals surface area contributed by atoms with Crippen molar-refractivity contribution in [1.29, 1.82) is 0 Å². The van der Waals surface area contributed by atoms with E-state index in [2.05, 4.69) is 10.0 Å². The van der Waals surface area contributed by atoms with Crippen LogP contribution in [-0.4, -0.2) is 87.6 Å². The number of benzene rings is 4. The molecule has 0 radical (unpaired) electrons. The number of carbonyl (C=O) groups excluding carboxylic acids is 1. The molecule has 0 saturated carbocycles. The maximum absolute atomic E-state index is 12.6. The number of rotatable bonds is 16. The minimum Gasteiger partial charge on any atom is -0.459 e. The normalized spacial score (nSPS) is 29.8. The smallest absolute Gasteiger partial charge is 0.303 e. The second-order valence-electron chi connectivity index (χ2n) is 13.9. The van der Waals surface area contributed by atoms with Gasteiger partial charge < -0.3 is 47.4 Å². The van der Waals surface area contributed by atoms with Gasteiger partial charge in [0, 0.05) is 24.5 Å². The van der Waals surface area contributed by atoms with Crippen LogP contribution in [0.25, 0.3) is 10.4 Å². The third-order valence-corrected chi connectivity index (χ3v) is 9.94. The first-order valence-corrected chi connectivity index (χ1v) is 19.0. The molecular weight excluding hydrogens is 734 g/mol. The van der Waals surface area contributed by atoms with Crippen LogP contribution in [0.3, 0.4) is 0 Å². The predicted molar refractivity (Wildman–Crippen MR) is 204 cm³/mol. The largest absolute Gasteiger partial charge is 0.459 e. The summed E-state index contributed by atoms with van der Waals surface area (Å²) < 4.78 is 63.9. The summed E-state index contributed by atoms with van der Waals surface area (Å²) in [6, 6.07) is 37.4. The van der Waals surface area contributed by atoms with Gasteiger partial charge in [-0.3, -0.25) is 4.79 Å². The Morgan fingerprint density at radius 3 is 1.88 bits per heavy atom. The highest BCUT2D eigenvalue weighted by Crippen LogP contribution is 2.39. The van der Waals surface area contributed by atoms with Crippen molar-refractivity contribution in [3.8, 4) is 0 Å². The quantitative estimate of drug-likeness (QED) is 0.0523. The molecule has 3 aliphatic rings. The lowest BCUT2D eigenvalue weighted by molar-refractivity contribution is -0.374. The van der Waals surface area contributed by atoms with Gasteiger partial charge in [0.25, 0.3) is 0 Å². The first kappa shape index (κ1) is 40.5. The molecule has 14 heteroatoms. The van der Waals surface area contributed by atoms with Crippen LogP contribution in [-0.2, 0) is 72.0 Å². The fourth-order valence-electron chi connectivity index (χ4n) is 7.25. The first-order chi connectivity index (χ1) is 28.0. The number of azide groups is 1. The fraction of sp³-hybridized carbons (Fsp3) is 0.419. The summed E-state index contributed by atoms with van der Waals surface area (Å²) in [5.41, 5.74) is 13.5. The van der Waals surface area contributed by atoms with E-state index in [4.69, 9.17) is 47.4 Å².